The van der Waals surface area contributed by atoms with Gasteiger partial charge in [-0.25, -0.2) is 0 Å². The number of aryl methyl sites for hydroxylation is 1. The first-order chi connectivity index (χ1) is 13.5. The van der Waals surface area contributed by atoms with E-state index in [9.17, 15) is 9.59 Å². The van der Waals surface area contributed by atoms with Gasteiger partial charge in [0.05, 0.1) is 0 Å². The number of likely N-dealkylation sites (N-methyl/N-ethyl adjacent to an activating group) is 1. The summed E-state index contributed by atoms with van der Waals surface area (Å²) < 4.78 is 0. The van der Waals surface area contributed by atoms with Gasteiger partial charge in [-0.05, 0) is 43.0 Å². The molecule has 1 atom stereocenters. The van der Waals surface area contributed by atoms with Crippen LogP contribution in [-0.2, 0) is 22.6 Å². The molecule has 0 radical (unpaired) electrons. The number of amides is 2. The Bertz CT molecular complexity index is 796. The predicted molar refractivity (Wildman–Crippen MR) is 115 cm³/mol. The number of hydrogen-bond acceptors (Lipinski definition) is 2. The number of benzene rings is 2. The van der Waals surface area contributed by atoms with Crippen LogP contribution >= 0.6 is 23.2 Å². The fourth-order valence-corrected chi connectivity index (χ4v) is 3.55. The lowest BCUT2D eigenvalue weighted by atomic mass is 10.1. The molecule has 0 spiro atoms. The lowest BCUT2D eigenvalue weighted by molar-refractivity contribution is -0.141. The molecule has 2 rings (SSSR count). The minimum atomic E-state index is -0.546. The third-order valence-electron chi connectivity index (χ3n) is 4.56. The van der Waals surface area contributed by atoms with E-state index in [-0.39, 0.29) is 18.4 Å². The van der Waals surface area contributed by atoms with Gasteiger partial charge in [0.1, 0.15) is 6.04 Å². The summed E-state index contributed by atoms with van der Waals surface area (Å²) in [6.45, 7) is 4.55. The molecule has 0 aliphatic carbocycles. The van der Waals surface area contributed by atoms with Crippen molar-refractivity contribution in [3.8, 4) is 0 Å². The quantitative estimate of drug-likeness (QED) is 0.628. The SMILES string of the molecule is CCNC(=O)C(CC)N(Cc1ccc(Cl)cc1Cl)C(=O)CCc1ccccc1. The Kier molecular flexibility index (Phi) is 8.81. The maximum absolute atomic E-state index is 13.1. The average Bonchev–Trinajstić information content (AvgIpc) is 2.68. The molecule has 0 fully saturated rings. The van der Waals surface area contributed by atoms with Crippen LogP contribution in [0.4, 0.5) is 0 Å². The van der Waals surface area contributed by atoms with Crippen LogP contribution in [0.25, 0.3) is 0 Å². The van der Waals surface area contributed by atoms with Crippen molar-refractivity contribution in [1.29, 1.82) is 0 Å². The maximum atomic E-state index is 13.1. The Morgan fingerprint density at radius 2 is 1.79 bits per heavy atom. The van der Waals surface area contributed by atoms with Crippen LogP contribution in [-0.4, -0.2) is 29.3 Å². The van der Waals surface area contributed by atoms with E-state index in [1.165, 1.54) is 0 Å². The van der Waals surface area contributed by atoms with Gasteiger partial charge in [-0.15, -0.1) is 0 Å². The molecule has 0 saturated carbocycles. The van der Waals surface area contributed by atoms with Crippen LogP contribution in [0.1, 0.15) is 37.8 Å². The molecule has 1 N–H and O–H groups in total. The topological polar surface area (TPSA) is 49.4 Å². The summed E-state index contributed by atoms with van der Waals surface area (Å²) in [5.74, 6) is -0.226. The summed E-state index contributed by atoms with van der Waals surface area (Å²) >= 11 is 12.3. The van der Waals surface area contributed by atoms with E-state index < -0.39 is 6.04 Å². The van der Waals surface area contributed by atoms with Gasteiger partial charge >= 0.3 is 0 Å². The lowest BCUT2D eigenvalue weighted by Crippen LogP contribution is -2.49. The molecule has 0 bridgehead atoms. The average molecular weight is 421 g/mol. The third kappa shape index (κ3) is 6.25. The van der Waals surface area contributed by atoms with E-state index in [0.717, 1.165) is 11.1 Å². The van der Waals surface area contributed by atoms with Crippen molar-refractivity contribution in [3.63, 3.8) is 0 Å². The van der Waals surface area contributed by atoms with Gasteiger partial charge in [-0.1, -0.05) is 66.5 Å². The number of nitrogens with zero attached hydrogens (tertiary/aromatic N) is 1. The molecular weight excluding hydrogens is 395 g/mol. The maximum Gasteiger partial charge on any atom is 0.242 e. The number of carbonyl (C=O) groups excluding carboxylic acids is 2. The highest BCUT2D eigenvalue weighted by atomic mass is 35.5. The molecule has 0 saturated heterocycles. The number of rotatable bonds is 9. The van der Waals surface area contributed by atoms with Crippen molar-refractivity contribution in [2.75, 3.05) is 6.54 Å². The first-order valence-corrected chi connectivity index (χ1v) is 10.3. The molecular formula is C22H26Cl2N2O2. The molecule has 4 nitrogen and oxygen atoms in total. The minimum absolute atomic E-state index is 0.0760. The van der Waals surface area contributed by atoms with Crippen LogP contribution in [0.15, 0.2) is 48.5 Å². The second kappa shape index (κ2) is 11.1. The summed E-state index contributed by atoms with van der Waals surface area (Å²) in [6, 6.07) is 14.5. The van der Waals surface area contributed by atoms with Crippen LogP contribution in [0.5, 0.6) is 0 Å². The molecule has 0 heterocycles. The molecule has 1 unspecified atom stereocenters. The smallest absolute Gasteiger partial charge is 0.242 e. The Labute approximate surface area is 176 Å². The fourth-order valence-electron chi connectivity index (χ4n) is 3.08. The van der Waals surface area contributed by atoms with Gasteiger partial charge in [-0.2, -0.15) is 0 Å². The molecule has 0 aliphatic rings. The number of halogens is 2. The molecule has 2 aromatic rings. The second-order valence-electron chi connectivity index (χ2n) is 6.56. The van der Waals surface area contributed by atoms with Crippen molar-refractivity contribution in [1.82, 2.24) is 10.2 Å². The van der Waals surface area contributed by atoms with Gasteiger partial charge in [0, 0.05) is 29.6 Å². The predicted octanol–water partition coefficient (Wildman–Crippen LogP) is 4.87. The monoisotopic (exact) mass is 420 g/mol. The van der Waals surface area contributed by atoms with E-state index in [0.29, 0.717) is 35.9 Å². The van der Waals surface area contributed by atoms with Crippen molar-refractivity contribution >= 4 is 35.0 Å². The van der Waals surface area contributed by atoms with Crippen LogP contribution < -0.4 is 5.32 Å². The van der Waals surface area contributed by atoms with Crippen LogP contribution in [0.2, 0.25) is 10.0 Å². The summed E-state index contributed by atoms with van der Waals surface area (Å²) in [5.41, 5.74) is 1.85. The van der Waals surface area contributed by atoms with Crippen LogP contribution in [0.3, 0.4) is 0 Å². The highest BCUT2D eigenvalue weighted by molar-refractivity contribution is 6.35. The van der Waals surface area contributed by atoms with E-state index in [2.05, 4.69) is 5.32 Å². The molecule has 28 heavy (non-hydrogen) atoms. The number of nitrogens with one attached hydrogen (secondary N) is 1. The Balaban J connectivity index is 2.23. The van der Waals surface area contributed by atoms with E-state index >= 15 is 0 Å². The second-order valence-corrected chi connectivity index (χ2v) is 7.41. The zero-order valence-corrected chi connectivity index (χ0v) is 17.8. The van der Waals surface area contributed by atoms with Crippen molar-refractivity contribution in [3.05, 3.63) is 69.7 Å². The van der Waals surface area contributed by atoms with E-state index in [1.54, 1.807) is 23.1 Å². The van der Waals surface area contributed by atoms with Gasteiger partial charge in [0.2, 0.25) is 11.8 Å². The summed E-state index contributed by atoms with van der Waals surface area (Å²) in [4.78, 5) is 27.3. The highest BCUT2D eigenvalue weighted by Gasteiger charge is 2.28. The summed E-state index contributed by atoms with van der Waals surface area (Å²) in [5, 5.41) is 3.85. The molecule has 150 valence electrons. The summed E-state index contributed by atoms with van der Waals surface area (Å²) in [7, 11) is 0. The number of hydrogen-bond donors (Lipinski definition) is 1. The summed E-state index contributed by atoms with van der Waals surface area (Å²) in [6.07, 6.45) is 1.47. The molecule has 2 amide bonds. The molecule has 0 aromatic heterocycles. The molecule has 6 heteroatoms. The largest absolute Gasteiger partial charge is 0.355 e. The Hall–Kier alpha value is -2.04. The first kappa shape index (κ1) is 22.3. The van der Waals surface area contributed by atoms with E-state index in [4.69, 9.17) is 23.2 Å². The van der Waals surface area contributed by atoms with E-state index in [1.807, 2.05) is 44.2 Å². The van der Waals surface area contributed by atoms with Gasteiger partial charge in [0.25, 0.3) is 0 Å². The highest BCUT2D eigenvalue weighted by Crippen LogP contribution is 2.24. The normalized spacial score (nSPS) is 11.7. The molecule has 2 aromatic carbocycles. The lowest BCUT2D eigenvalue weighted by Gasteiger charge is -2.31. The van der Waals surface area contributed by atoms with Crippen molar-refractivity contribution in [2.24, 2.45) is 0 Å². The zero-order chi connectivity index (χ0) is 20.5. The number of carbonyl (C=O) groups is 2. The van der Waals surface area contributed by atoms with Gasteiger partial charge in [-0.3, -0.25) is 9.59 Å². The Morgan fingerprint density at radius 3 is 2.39 bits per heavy atom. The Morgan fingerprint density at radius 1 is 1.07 bits per heavy atom. The standard InChI is InChI=1S/C22H26Cl2N2O2/c1-3-20(22(28)25-4-2)26(15-17-11-12-18(23)14-19(17)24)21(27)13-10-16-8-6-5-7-9-16/h5-9,11-12,14,20H,3-4,10,13,15H2,1-2H3,(H,25,28). The minimum Gasteiger partial charge on any atom is -0.355 e. The zero-order valence-electron chi connectivity index (χ0n) is 16.3. The first-order valence-electron chi connectivity index (χ1n) is 9.51. The van der Waals surface area contributed by atoms with Gasteiger partial charge < -0.3 is 10.2 Å². The van der Waals surface area contributed by atoms with Gasteiger partial charge in [0.15, 0.2) is 0 Å². The van der Waals surface area contributed by atoms with Crippen molar-refractivity contribution in [2.45, 2.75) is 45.7 Å². The van der Waals surface area contributed by atoms with Crippen LogP contribution in [0, 0.1) is 0 Å². The van der Waals surface area contributed by atoms with Crippen molar-refractivity contribution < 1.29 is 9.59 Å². The fraction of sp³-hybridized carbons (Fsp3) is 0.364. The molecule has 0 aliphatic heterocycles. The third-order valence-corrected chi connectivity index (χ3v) is 5.15.